The Bertz CT molecular complexity index is 684. The molecule has 0 aliphatic heterocycles. The smallest absolute Gasteiger partial charge is 0.0666 e. The predicted octanol–water partition coefficient (Wildman–Crippen LogP) is 2.78. The van der Waals surface area contributed by atoms with Crippen LogP contribution in [0.25, 0.3) is 5.69 Å². The van der Waals surface area contributed by atoms with Crippen molar-refractivity contribution in [1.82, 2.24) is 19.6 Å². The Balaban J connectivity index is 1.81. The lowest BCUT2D eigenvalue weighted by Gasteiger charge is -2.16. The third-order valence-corrected chi connectivity index (χ3v) is 3.30. The van der Waals surface area contributed by atoms with Gasteiger partial charge in [0.15, 0.2) is 0 Å². The maximum Gasteiger partial charge on any atom is 0.0666 e. The normalized spacial score (nSPS) is 12.3. The van der Waals surface area contributed by atoms with Gasteiger partial charge >= 0.3 is 0 Å². The first-order valence-electron chi connectivity index (χ1n) is 6.58. The van der Waals surface area contributed by atoms with Crippen LogP contribution in [-0.4, -0.2) is 19.6 Å². The van der Waals surface area contributed by atoms with E-state index in [-0.39, 0.29) is 6.04 Å². The highest BCUT2D eigenvalue weighted by molar-refractivity contribution is 5.51. The van der Waals surface area contributed by atoms with Gasteiger partial charge < -0.3 is 5.32 Å². The van der Waals surface area contributed by atoms with E-state index in [0.29, 0.717) is 0 Å². The number of nitrogens with zero attached hydrogens (tertiary/aromatic N) is 4. The van der Waals surface area contributed by atoms with Crippen molar-refractivity contribution in [3.8, 4) is 5.69 Å². The van der Waals surface area contributed by atoms with Crippen LogP contribution in [0.1, 0.15) is 18.7 Å². The van der Waals surface area contributed by atoms with Crippen LogP contribution in [0, 0.1) is 0 Å². The van der Waals surface area contributed by atoms with Gasteiger partial charge in [-0.3, -0.25) is 4.68 Å². The summed E-state index contributed by atoms with van der Waals surface area (Å²) in [5, 5.41) is 11.9. The minimum atomic E-state index is 0.190. The largest absolute Gasteiger partial charge is 0.377 e. The Morgan fingerprint density at radius 1 is 1.10 bits per heavy atom. The molecule has 0 fully saturated rings. The summed E-state index contributed by atoms with van der Waals surface area (Å²) < 4.78 is 3.73. The monoisotopic (exact) mass is 267 g/mol. The Morgan fingerprint density at radius 3 is 2.70 bits per heavy atom. The molecular formula is C15H17N5. The van der Waals surface area contributed by atoms with Crippen molar-refractivity contribution < 1.29 is 0 Å². The van der Waals surface area contributed by atoms with Crippen molar-refractivity contribution in [1.29, 1.82) is 0 Å². The fraction of sp³-hybridized carbons (Fsp3) is 0.200. The minimum Gasteiger partial charge on any atom is -0.377 e. The minimum absolute atomic E-state index is 0.190. The second kappa shape index (κ2) is 5.21. The molecule has 2 heterocycles. The molecule has 3 aromatic rings. The standard InChI is InChI=1S/C15H17N5/c1-12(15-7-9-16-19(15)2)18-13-5-3-6-14(11-13)20-10-4-8-17-20/h3-12,18H,1-2H3. The molecule has 5 heteroatoms. The van der Waals surface area contributed by atoms with Crippen LogP contribution in [0.5, 0.6) is 0 Å². The maximum atomic E-state index is 4.25. The molecule has 0 aliphatic rings. The van der Waals surface area contributed by atoms with Gasteiger partial charge in [-0.25, -0.2) is 4.68 Å². The number of hydrogen-bond acceptors (Lipinski definition) is 3. The zero-order valence-electron chi connectivity index (χ0n) is 11.6. The summed E-state index contributed by atoms with van der Waals surface area (Å²) in [7, 11) is 1.95. The Labute approximate surface area is 117 Å². The van der Waals surface area contributed by atoms with E-state index in [9.17, 15) is 0 Å². The molecule has 0 amide bonds. The van der Waals surface area contributed by atoms with Crippen molar-refractivity contribution in [2.24, 2.45) is 7.05 Å². The molecule has 1 N–H and O–H groups in total. The molecule has 0 saturated heterocycles. The van der Waals surface area contributed by atoms with Crippen molar-refractivity contribution in [3.05, 3.63) is 60.7 Å². The molecule has 1 aromatic carbocycles. The highest BCUT2D eigenvalue weighted by atomic mass is 15.3. The fourth-order valence-corrected chi connectivity index (χ4v) is 2.29. The highest BCUT2D eigenvalue weighted by Crippen LogP contribution is 2.20. The molecule has 5 nitrogen and oxygen atoms in total. The molecule has 1 atom stereocenters. The molecular weight excluding hydrogens is 250 g/mol. The molecule has 20 heavy (non-hydrogen) atoms. The number of benzene rings is 1. The van der Waals surface area contributed by atoms with Gasteiger partial charge in [0.2, 0.25) is 0 Å². The van der Waals surface area contributed by atoms with Crippen molar-refractivity contribution >= 4 is 5.69 Å². The van der Waals surface area contributed by atoms with E-state index in [1.165, 1.54) is 0 Å². The molecule has 2 aromatic heterocycles. The van der Waals surface area contributed by atoms with E-state index in [0.717, 1.165) is 17.1 Å². The molecule has 0 radical (unpaired) electrons. The summed E-state index contributed by atoms with van der Waals surface area (Å²) in [5.74, 6) is 0. The van der Waals surface area contributed by atoms with Crippen LogP contribution >= 0.6 is 0 Å². The number of anilines is 1. The van der Waals surface area contributed by atoms with E-state index in [2.05, 4.69) is 34.6 Å². The van der Waals surface area contributed by atoms with Gasteiger partial charge in [-0.2, -0.15) is 10.2 Å². The van der Waals surface area contributed by atoms with Crippen LogP contribution in [0.15, 0.2) is 55.0 Å². The first-order valence-corrected chi connectivity index (χ1v) is 6.58. The van der Waals surface area contributed by atoms with Crippen LogP contribution in [0.4, 0.5) is 5.69 Å². The van der Waals surface area contributed by atoms with Gasteiger partial charge in [0.05, 0.1) is 17.4 Å². The van der Waals surface area contributed by atoms with Crippen molar-refractivity contribution in [2.75, 3.05) is 5.32 Å². The summed E-state index contributed by atoms with van der Waals surface area (Å²) in [6, 6.07) is 12.3. The zero-order valence-corrected chi connectivity index (χ0v) is 11.6. The highest BCUT2D eigenvalue weighted by Gasteiger charge is 2.09. The van der Waals surface area contributed by atoms with Crippen molar-refractivity contribution in [3.63, 3.8) is 0 Å². The third-order valence-electron chi connectivity index (χ3n) is 3.30. The van der Waals surface area contributed by atoms with E-state index in [4.69, 9.17) is 0 Å². The lowest BCUT2D eigenvalue weighted by Crippen LogP contribution is -2.11. The first kappa shape index (κ1) is 12.5. The average Bonchev–Trinajstić information content (AvgIpc) is 3.09. The number of aromatic nitrogens is 4. The van der Waals surface area contributed by atoms with E-state index in [1.807, 2.05) is 53.1 Å². The van der Waals surface area contributed by atoms with Crippen LogP contribution in [0.2, 0.25) is 0 Å². The van der Waals surface area contributed by atoms with Gasteiger partial charge in [-0.05, 0) is 37.3 Å². The third kappa shape index (κ3) is 2.42. The summed E-state index contributed by atoms with van der Waals surface area (Å²) in [5.41, 5.74) is 3.25. The number of hydrogen-bond donors (Lipinski definition) is 1. The van der Waals surface area contributed by atoms with Gasteiger partial charge in [0, 0.05) is 31.3 Å². The SMILES string of the molecule is CC(Nc1cccc(-n2cccn2)c1)c1ccnn1C. The Hall–Kier alpha value is -2.56. The maximum absolute atomic E-state index is 4.25. The summed E-state index contributed by atoms with van der Waals surface area (Å²) in [4.78, 5) is 0. The van der Waals surface area contributed by atoms with Gasteiger partial charge in [-0.15, -0.1) is 0 Å². The molecule has 0 bridgehead atoms. The fourth-order valence-electron chi connectivity index (χ4n) is 2.29. The van der Waals surface area contributed by atoms with Gasteiger partial charge in [0.1, 0.15) is 0 Å². The van der Waals surface area contributed by atoms with E-state index >= 15 is 0 Å². The van der Waals surface area contributed by atoms with E-state index < -0.39 is 0 Å². The van der Waals surface area contributed by atoms with E-state index in [1.54, 1.807) is 6.20 Å². The quantitative estimate of drug-likeness (QED) is 0.790. The molecule has 102 valence electrons. The molecule has 0 saturated carbocycles. The molecule has 3 rings (SSSR count). The van der Waals surface area contributed by atoms with Crippen molar-refractivity contribution in [2.45, 2.75) is 13.0 Å². The molecule has 0 spiro atoms. The molecule has 1 unspecified atom stereocenters. The average molecular weight is 267 g/mol. The summed E-state index contributed by atoms with van der Waals surface area (Å²) in [6.45, 7) is 2.12. The van der Waals surface area contributed by atoms with Crippen LogP contribution in [-0.2, 0) is 7.05 Å². The van der Waals surface area contributed by atoms with Crippen LogP contribution in [0.3, 0.4) is 0 Å². The lowest BCUT2D eigenvalue weighted by atomic mass is 10.2. The Kier molecular flexibility index (Phi) is 3.25. The lowest BCUT2D eigenvalue weighted by molar-refractivity contribution is 0.675. The topological polar surface area (TPSA) is 47.7 Å². The number of nitrogens with one attached hydrogen (secondary N) is 1. The van der Waals surface area contributed by atoms with Crippen LogP contribution < -0.4 is 5.32 Å². The second-order valence-electron chi connectivity index (χ2n) is 4.75. The summed E-state index contributed by atoms with van der Waals surface area (Å²) in [6.07, 6.45) is 5.52. The predicted molar refractivity (Wildman–Crippen MR) is 78.8 cm³/mol. The van der Waals surface area contributed by atoms with Gasteiger partial charge in [0.25, 0.3) is 0 Å². The second-order valence-corrected chi connectivity index (χ2v) is 4.75. The number of rotatable bonds is 4. The molecule has 0 aliphatic carbocycles. The zero-order chi connectivity index (χ0) is 13.9. The Morgan fingerprint density at radius 2 is 2.00 bits per heavy atom. The first-order chi connectivity index (χ1) is 9.74. The van der Waals surface area contributed by atoms with Gasteiger partial charge in [-0.1, -0.05) is 6.07 Å². The summed E-state index contributed by atoms with van der Waals surface area (Å²) >= 11 is 0. The number of aryl methyl sites for hydroxylation is 1.